The molecule has 9 heteroatoms. The maximum absolute atomic E-state index is 11.7. The van der Waals surface area contributed by atoms with E-state index in [0.717, 1.165) is 50.4 Å². The molecule has 9 nitrogen and oxygen atoms in total. The van der Waals surface area contributed by atoms with E-state index in [-0.39, 0.29) is 5.91 Å². The number of nitrogens with zero attached hydrogens (tertiary/aromatic N) is 3. The summed E-state index contributed by atoms with van der Waals surface area (Å²) in [5.74, 6) is -1.35. The Hall–Kier alpha value is -3.88. The SMILES string of the molecule is CC1=NCCn2c1cc1c2-c2ccc(OCCN3CCCC3=O)cc2CC1.O=C(O)C=CC(=O)O. The second-order valence-electron chi connectivity index (χ2n) is 8.68. The lowest BCUT2D eigenvalue weighted by molar-refractivity contribution is -0.134. The second-order valence-corrected chi connectivity index (χ2v) is 8.68. The van der Waals surface area contributed by atoms with Gasteiger partial charge in [0.05, 0.1) is 30.2 Å². The van der Waals surface area contributed by atoms with Crippen LogP contribution in [0.4, 0.5) is 0 Å². The van der Waals surface area contributed by atoms with Gasteiger partial charge in [-0.3, -0.25) is 9.79 Å². The molecular weight excluding hydrogens is 450 g/mol. The van der Waals surface area contributed by atoms with Crippen molar-refractivity contribution in [3.05, 3.63) is 53.2 Å². The quantitative estimate of drug-likeness (QED) is 0.615. The molecule has 0 spiro atoms. The highest BCUT2D eigenvalue weighted by molar-refractivity contribution is 5.99. The van der Waals surface area contributed by atoms with E-state index >= 15 is 0 Å². The normalized spacial score (nSPS) is 16.1. The highest BCUT2D eigenvalue weighted by Crippen LogP contribution is 2.38. The predicted molar refractivity (Wildman–Crippen MR) is 130 cm³/mol. The van der Waals surface area contributed by atoms with Crippen LogP contribution in [-0.2, 0) is 33.8 Å². The van der Waals surface area contributed by atoms with Crippen LogP contribution in [0.2, 0.25) is 0 Å². The number of benzene rings is 1. The molecule has 2 aliphatic heterocycles. The molecule has 1 amide bonds. The zero-order chi connectivity index (χ0) is 24.9. The fourth-order valence-electron chi connectivity index (χ4n) is 4.77. The largest absolute Gasteiger partial charge is 0.492 e. The summed E-state index contributed by atoms with van der Waals surface area (Å²) in [6.07, 6.45) is 4.90. The first kappa shape index (κ1) is 24.3. The number of amides is 1. The van der Waals surface area contributed by atoms with Gasteiger partial charge < -0.3 is 24.4 Å². The third-order valence-electron chi connectivity index (χ3n) is 6.38. The van der Waals surface area contributed by atoms with Gasteiger partial charge in [-0.2, -0.15) is 0 Å². The van der Waals surface area contributed by atoms with Gasteiger partial charge in [-0.25, -0.2) is 9.59 Å². The molecule has 0 bridgehead atoms. The summed E-state index contributed by atoms with van der Waals surface area (Å²) in [4.78, 5) is 37.3. The Balaban J connectivity index is 0.000000314. The zero-order valence-electron chi connectivity index (χ0n) is 19.7. The van der Waals surface area contributed by atoms with Crippen molar-refractivity contribution in [2.45, 2.75) is 39.2 Å². The number of hydrogen-bond donors (Lipinski definition) is 2. The van der Waals surface area contributed by atoms with Gasteiger partial charge in [0.15, 0.2) is 0 Å². The Morgan fingerprint density at radius 3 is 2.49 bits per heavy atom. The predicted octanol–water partition coefficient (Wildman–Crippen LogP) is 2.79. The summed E-state index contributed by atoms with van der Waals surface area (Å²) in [5.41, 5.74) is 7.92. The van der Waals surface area contributed by atoms with E-state index in [0.29, 0.717) is 31.7 Å². The highest BCUT2D eigenvalue weighted by Gasteiger charge is 2.25. The van der Waals surface area contributed by atoms with Crippen LogP contribution >= 0.6 is 0 Å². The molecule has 0 radical (unpaired) electrons. The van der Waals surface area contributed by atoms with Gasteiger partial charge in [0.1, 0.15) is 12.4 Å². The maximum atomic E-state index is 11.7. The molecule has 0 atom stereocenters. The molecule has 1 saturated heterocycles. The summed E-state index contributed by atoms with van der Waals surface area (Å²) < 4.78 is 8.40. The van der Waals surface area contributed by atoms with E-state index in [1.165, 1.54) is 28.1 Å². The molecule has 1 fully saturated rings. The van der Waals surface area contributed by atoms with Gasteiger partial charge in [-0.15, -0.1) is 0 Å². The number of fused-ring (bicyclic) bond motifs is 5. The average molecular weight is 480 g/mol. The molecule has 0 unspecified atom stereocenters. The van der Waals surface area contributed by atoms with Crippen LogP contribution in [0.15, 0.2) is 41.4 Å². The Bertz CT molecular complexity index is 1190. The van der Waals surface area contributed by atoms with Crippen LogP contribution in [0, 0.1) is 0 Å². The maximum Gasteiger partial charge on any atom is 0.328 e. The standard InChI is InChI=1S/C22H25N3O2.C4H4O4/c1-15-20-14-17-5-4-16-13-18(27-12-11-24-9-2-3-21(24)26)6-7-19(16)22(17)25(20)10-8-23-15;5-3(6)1-2-4(7)8/h6-7,13-14H,2-5,8-12H2,1H3;1-2H,(H,5,6)(H,7,8). The van der Waals surface area contributed by atoms with Gasteiger partial charge in [0.2, 0.25) is 5.91 Å². The van der Waals surface area contributed by atoms with E-state index in [4.69, 9.17) is 14.9 Å². The monoisotopic (exact) mass is 479 g/mol. The van der Waals surface area contributed by atoms with E-state index in [1.807, 2.05) is 4.90 Å². The fourth-order valence-corrected chi connectivity index (χ4v) is 4.77. The van der Waals surface area contributed by atoms with Crippen molar-refractivity contribution in [1.29, 1.82) is 0 Å². The van der Waals surface area contributed by atoms with Gasteiger partial charge in [0.25, 0.3) is 0 Å². The Morgan fingerprint density at radius 2 is 1.80 bits per heavy atom. The fraction of sp³-hybridized carbons (Fsp3) is 0.385. The number of aromatic nitrogens is 1. The third-order valence-corrected chi connectivity index (χ3v) is 6.38. The molecule has 1 aliphatic carbocycles. The molecule has 3 aliphatic rings. The number of aryl methyl sites for hydroxylation is 2. The van der Waals surface area contributed by atoms with Gasteiger partial charge in [0, 0.05) is 37.2 Å². The summed E-state index contributed by atoms with van der Waals surface area (Å²) >= 11 is 0. The van der Waals surface area contributed by atoms with Crippen LogP contribution in [0.5, 0.6) is 5.75 Å². The first-order chi connectivity index (χ1) is 16.8. The minimum absolute atomic E-state index is 0.258. The first-order valence-electron chi connectivity index (χ1n) is 11.7. The lowest BCUT2D eigenvalue weighted by Crippen LogP contribution is -2.29. The number of ether oxygens (including phenoxy) is 1. The number of aliphatic carboxylic acids is 2. The summed E-state index contributed by atoms with van der Waals surface area (Å²) in [6, 6.07) is 8.79. The number of carboxylic acids is 2. The number of aliphatic imine (C=N–C) groups is 1. The van der Waals surface area contributed by atoms with Crippen molar-refractivity contribution in [2.75, 3.05) is 26.2 Å². The number of carbonyl (C=O) groups excluding carboxylic acids is 1. The van der Waals surface area contributed by atoms with Crippen LogP contribution in [0.3, 0.4) is 0 Å². The molecular formula is C26H29N3O6. The highest BCUT2D eigenvalue weighted by atomic mass is 16.5. The second kappa shape index (κ2) is 10.6. The molecule has 35 heavy (non-hydrogen) atoms. The van der Waals surface area contributed by atoms with Gasteiger partial charge >= 0.3 is 11.9 Å². The summed E-state index contributed by atoms with van der Waals surface area (Å²) in [6.45, 7) is 6.06. The Morgan fingerprint density at radius 1 is 1.06 bits per heavy atom. The van der Waals surface area contributed by atoms with E-state index in [2.05, 4.69) is 40.7 Å². The topological polar surface area (TPSA) is 121 Å². The summed E-state index contributed by atoms with van der Waals surface area (Å²) in [5, 5.41) is 15.6. The minimum Gasteiger partial charge on any atom is -0.492 e. The molecule has 0 saturated carbocycles. The number of likely N-dealkylation sites (tertiary alicyclic amines) is 1. The molecule has 1 aromatic heterocycles. The number of rotatable bonds is 6. The zero-order valence-corrected chi connectivity index (χ0v) is 19.7. The first-order valence-corrected chi connectivity index (χ1v) is 11.7. The molecule has 3 heterocycles. The molecule has 2 N–H and O–H groups in total. The van der Waals surface area contributed by atoms with Crippen molar-refractivity contribution in [3.63, 3.8) is 0 Å². The Kier molecular flexibility index (Phi) is 7.33. The van der Waals surface area contributed by atoms with Crippen molar-refractivity contribution in [2.24, 2.45) is 4.99 Å². The number of carboxylic acid groups (broad SMARTS) is 2. The summed E-state index contributed by atoms with van der Waals surface area (Å²) in [7, 11) is 0. The van der Waals surface area contributed by atoms with E-state index in [9.17, 15) is 14.4 Å². The van der Waals surface area contributed by atoms with Crippen molar-refractivity contribution >= 4 is 23.6 Å². The van der Waals surface area contributed by atoms with Crippen LogP contribution in [0.1, 0.15) is 36.6 Å². The van der Waals surface area contributed by atoms with Crippen molar-refractivity contribution in [1.82, 2.24) is 9.47 Å². The Labute approximate surface area is 203 Å². The molecule has 184 valence electrons. The number of carbonyl (C=O) groups is 3. The molecule has 5 rings (SSSR count). The van der Waals surface area contributed by atoms with Crippen molar-refractivity contribution in [3.8, 4) is 17.0 Å². The van der Waals surface area contributed by atoms with Crippen LogP contribution in [-0.4, -0.2) is 69.5 Å². The minimum atomic E-state index is -1.26. The molecule has 1 aromatic carbocycles. The van der Waals surface area contributed by atoms with Crippen molar-refractivity contribution < 1.29 is 29.3 Å². The molecule has 2 aromatic rings. The average Bonchev–Trinajstić information content (AvgIpc) is 3.42. The van der Waals surface area contributed by atoms with E-state index in [1.54, 1.807) is 0 Å². The third kappa shape index (κ3) is 5.62. The van der Waals surface area contributed by atoms with E-state index < -0.39 is 11.9 Å². The van der Waals surface area contributed by atoms with Crippen LogP contribution in [0.25, 0.3) is 11.3 Å². The lowest BCUT2D eigenvalue weighted by Gasteiger charge is -2.23. The smallest absolute Gasteiger partial charge is 0.328 e. The lowest BCUT2D eigenvalue weighted by atomic mass is 9.90. The number of hydrogen-bond acceptors (Lipinski definition) is 5. The van der Waals surface area contributed by atoms with Crippen LogP contribution < -0.4 is 4.74 Å². The van der Waals surface area contributed by atoms with Gasteiger partial charge in [-0.05, 0) is 61.6 Å². The van der Waals surface area contributed by atoms with Gasteiger partial charge in [-0.1, -0.05) is 0 Å².